The summed E-state index contributed by atoms with van der Waals surface area (Å²) in [5, 5.41) is 4.48. The summed E-state index contributed by atoms with van der Waals surface area (Å²) in [6.45, 7) is 8.16. The molecule has 0 aliphatic carbocycles. The Morgan fingerprint density at radius 1 is 1.43 bits per heavy atom. The SMILES string of the molecule is Cc1csc(NC(=O)CN(CCC(C)C)C(=O)C(C)Cl)n1. The molecule has 0 saturated heterocycles. The molecule has 118 valence electrons. The lowest BCUT2D eigenvalue weighted by molar-refractivity contribution is -0.134. The number of nitrogens with zero attached hydrogens (tertiary/aromatic N) is 2. The third-order valence-electron chi connectivity index (χ3n) is 2.83. The molecule has 1 rings (SSSR count). The normalized spacial score (nSPS) is 12.3. The van der Waals surface area contributed by atoms with Gasteiger partial charge < -0.3 is 10.2 Å². The third kappa shape index (κ3) is 6.44. The number of halogens is 1. The number of carbonyl (C=O) groups is 2. The lowest BCUT2D eigenvalue weighted by Crippen LogP contribution is -2.42. The number of carbonyl (C=O) groups excluding carboxylic acids is 2. The van der Waals surface area contributed by atoms with Gasteiger partial charge in [-0.1, -0.05) is 13.8 Å². The quantitative estimate of drug-likeness (QED) is 0.781. The monoisotopic (exact) mass is 331 g/mol. The molecule has 2 amide bonds. The first-order valence-corrected chi connectivity index (χ1v) is 8.26. The van der Waals surface area contributed by atoms with Crippen molar-refractivity contribution >= 4 is 39.9 Å². The highest BCUT2D eigenvalue weighted by Crippen LogP contribution is 2.14. The minimum Gasteiger partial charge on any atom is -0.332 e. The Hall–Kier alpha value is -1.14. The Balaban J connectivity index is 2.61. The number of alkyl halides is 1. The second-order valence-corrected chi connectivity index (χ2v) is 6.91. The van der Waals surface area contributed by atoms with Gasteiger partial charge in [-0.25, -0.2) is 4.98 Å². The summed E-state index contributed by atoms with van der Waals surface area (Å²) in [5.74, 6) is -0.0165. The van der Waals surface area contributed by atoms with E-state index in [1.807, 2.05) is 12.3 Å². The third-order valence-corrected chi connectivity index (χ3v) is 3.89. The van der Waals surface area contributed by atoms with Gasteiger partial charge in [-0.2, -0.15) is 0 Å². The molecule has 0 bridgehead atoms. The van der Waals surface area contributed by atoms with Crippen LogP contribution >= 0.6 is 22.9 Å². The van der Waals surface area contributed by atoms with Crippen molar-refractivity contribution in [3.8, 4) is 0 Å². The molecule has 1 N–H and O–H groups in total. The van der Waals surface area contributed by atoms with Crippen LogP contribution in [0.2, 0.25) is 0 Å². The molecule has 1 aromatic rings. The number of aromatic nitrogens is 1. The molecule has 0 aromatic carbocycles. The maximum atomic E-state index is 12.0. The fourth-order valence-corrected chi connectivity index (χ4v) is 2.52. The highest BCUT2D eigenvalue weighted by atomic mass is 35.5. The van der Waals surface area contributed by atoms with E-state index in [1.54, 1.807) is 6.92 Å². The highest BCUT2D eigenvalue weighted by Gasteiger charge is 2.21. The van der Waals surface area contributed by atoms with Crippen molar-refractivity contribution in [2.45, 2.75) is 39.5 Å². The van der Waals surface area contributed by atoms with Gasteiger partial charge in [0.1, 0.15) is 5.38 Å². The van der Waals surface area contributed by atoms with E-state index < -0.39 is 5.38 Å². The summed E-state index contributed by atoms with van der Waals surface area (Å²) >= 11 is 7.22. The van der Waals surface area contributed by atoms with Crippen LogP contribution in [0.25, 0.3) is 0 Å². The summed E-state index contributed by atoms with van der Waals surface area (Å²) in [5.41, 5.74) is 0.859. The average molecular weight is 332 g/mol. The number of amides is 2. The van der Waals surface area contributed by atoms with Gasteiger partial charge >= 0.3 is 0 Å². The van der Waals surface area contributed by atoms with Gasteiger partial charge in [-0.05, 0) is 26.2 Å². The fraction of sp³-hybridized carbons (Fsp3) is 0.643. The number of rotatable bonds is 7. The van der Waals surface area contributed by atoms with Crippen molar-refractivity contribution in [3.05, 3.63) is 11.1 Å². The largest absolute Gasteiger partial charge is 0.332 e. The van der Waals surface area contributed by atoms with Crippen molar-refractivity contribution < 1.29 is 9.59 Å². The van der Waals surface area contributed by atoms with Gasteiger partial charge in [0.15, 0.2) is 5.13 Å². The van der Waals surface area contributed by atoms with E-state index in [4.69, 9.17) is 11.6 Å². The van der Waals surface area contributed by atoms with Crippen LogP contribution in [0.3, 0.4) is 0 Å². The van der Waals surface area contributed by atoms with Crippen LogP contribution in [0.5, 0.6) is 0 Å². The standard InChI is InChI=1S/C14H22ClN3O2S/c1-9(2)5-6-18(13(20)11(4)15)7-12(19)17-14-16-10(3)8-21-14/h8-9,11H,5-7H2,1-4H3,(H,16,17,19). The Morgan fingerprint density at radius 3 is 2.57 bits per heavy atom. The smallest absolute Gasteiger partial charge is 0.245 e. The molecule has 0 aliphatic heterocycles. The van der Waals surface area contributed by atoms with E-state index >= 15 is 0 Å². The highest BCUT2D eigenvalue weighted by molar-refractivity contribution is 7.13. The zero-order valence-corrected chi connectivity index (χ0v) is 14.4. The van der Waals surface area contributed by atoms with Crippen LogP contribution in [0.4, 0.5) is 5.13 Å². The number of aryl methyl sites for hydroxylation is 1. The van der Waals surface area contributed by atoms with Gasteiger partial charge in [0.2, 0.25) is 11.8 Å². The summed E-state index contributed by atoms with van der Waals surface area (Å²) in [7, 11) is 0. The molecule has 1 atom stereocenters. The minimum atomic E-state index is -0.632. The van der Waals surface area contributed by atoms with Crippen molar-refractivity contribution in [2.75, 3.05) is 18.4 Å². The van der Waals surface area contributed by atoms with Crippen LogP contribution in [-0.2, 0) is 9.59 Å². The first-order chi connectivity index (χ1) is 9.79. The summed E-state index contributed by atoms with van der Waals surface area (Å²) < 4.78 is 0. The second kappa shape index (κ2) is 8.34. The van der Waals surface area contributed by atoms with Gasteiger partial charge in [-0.3, -0.25) is 9.59 Å². The first kappa shape index (κ1) is 17.9. The first-order valence-electron chi connectivity index (χ1n) is 6.94. The molecule has 1 aromatic heterocycles. The van der Waals surface area contributed by atoms with Crippen LogP contribution in [-0.4, -0.2) is 40.2 Å². The van der Waals surface area contributed by atoms with E-state index in [0.29, 0.717) is 17.6 Å². The number of hydrogen-bond acceptors (Lipinski definition) is 4. The molecule has 7 heteroatoms. The van der Waals surface area contributed by atoms with Crippen molar-refractivity contribution in [2.24, 2.45) is 5.92 Å². The second-order valence-electron chi connectivity index (χ2n) is 5.40. The molecule has 5 nitrogen and oxygen atoms in total. The summed E-state index contributed by atoms with van der Waals surface area (Å²) in [4.78, 5) is 29.7. The lowest BCUT2D eigenvalue weighted by Gasteiger charge is -2.24. The van der Waals surface area contributed by atoms with E-state index in [1.165, 1.54) is 16.2 Å². The number of thiazole rings is 1. The predicted molar refractivity (Wildman–Crippen MR) is 86.8 cm³/mol. The molecule has 1 heterocycles. The maximum absolute atomic E-state index is 12.0. The fourth-order valence-electron chi connectivity index (χ4n) is 1.68. The average Bonchev–Trinajstić information content (AvgIpc) is 2.78. The number of anilines is 1. The van der Waals surface area contributed by atoms with Gasteiger partial charge in [0.05, 0.1) is 12.2 Å². The topological polar surface area (TPSA) is 62.3 Å². The minimum absolute atomic E-state index is 0.00123. The predicted octanol–water partition coefficient (Wildman–Crippen LogP) is 2.89. The van der Waals surface area contributed by atoms with Gasteiger partial charge in [0, 0.05) is 11.9 Å². The van der Waals surface area contributed by atoms with E-state index in [9.17, 15) is 9.59 Å². The zero-order chi connectivity index (χ0) is 16.0. The van der Waals surface area contributed by atoms with Crippen LogP contribution in [0, 0.1) is 12.8 Å². The molecule has 0 saturated carbocycles. The molecule has 0 aliphatic rings. The summed E-state index contributed by atoms with van der Waals surface area (Å²) in [6, 6.07) is 0. The molecular weight excluding hydrogens is 310 g/mol. The van der Waals surface area contributed by atoms with Crippen molar-refractivity contribution in [1.82, 2.24) is 9.88 Å². The summed E-state index contributed by atoms with van der Waals surface area (Å²) in [6.07, 6.45) is 0.832. The molecule has 0 fully saturated rings. The van der Waals surface area contributed by atoms with Gasteiger partial charge in [-0.15, -0.1) is 22.9 Å². The van der Waals surface area contributed by atoms with E-state index in [2.05, 4.69) is 24.1 Å². The Labute approximate surface area is 134 Å². The van der Waals surface area contributed by atoms with E-state index in [-0.39, 0.29) is 18.4 Å². The van der Waals surface area contributed by atoms with Gasteiger partial charge in [0.25, 0.3) is 0 Å². The number of nitrogens with one attached hydrogen (secondary N) is 1. The van der Waals surface area contributed by atoms with Crippen LogP contribution in [0.1, 0.15) is 32.9 Å². The van der Waals surface area contributed by atoms with Crippen LogP contribution < -0.4 is 5.32 Å². The molecule has 0 radical (unpaired) electrons. The van der Waals surface area contributed by atoms with Crippen molar-refractivity contribution in [1.29, 1.82) is 0 Å². The van der Waals surface area contributed by atoms with Crippen LogP contribution in [0.15, 0.2) is 5.38 Å². The number of hydrogen-bond donors (Lipinski definition) is 1. The Kier molecular flexibility index (Phi) is 7.11. The molecule has 0 spiro atoms. The molecular formula is C14H22ClN3O2S. The Morgan fingerprint density at radius 2 is 2.10 bits per heavy atom. The Bertz CT molecular complexity index is 488. The van der Waals surface area contributed by atoms with E-state index in [0.717, 1.165) is 12.1 Å². The van der Waals surface area contributed by atoms with Crippen molar-refractivity contribution in [3.63, 3.8) is 0 Å². The maximum Gasteiger partial charge on any atom is 0.245 e. The lowest BCUT2D eigenvalue weighted by atomic mass is 10.1. The zero-order valence-electron chi connectivity index (χ0n) is 12.9. The molecule has 21 heavy (non-hydrogen) atoms. The molecule has 1 unspecified atom stereocenters.